The fourth-order valence-electron chi connectivity index (χ4n) is 2.09. The molecule has 0 amide bonds. The molecule has 2 aromatic heterocycles. The summed E-state index contributed by atoms with van der Waals surface area (Å²) >= 11 is 0.672. The summed E-state index contributed by atoms with van der Waals surface area (Å²) in [6.45, 7) is 2.06. The second kappa shape index (κ2) is 5.80. The van der Waals surface area contributed by atoms with Crippen molar-refractivity contribution in [1.82, 2.24) is 19.5 Å². The number of nitrogens with zero attached hydrogens (tertiary/aromatic N) is 4. The lowest BCUT2D eigenvalue weighted by atomic mass is 10.2. The number of aryl methyl sites for hydroxylation is 1. The van der Waals surface area contributed by atoms with Gasteiger partial charge in [0, 0.05) is 18.1 Å². The third-order valence-corrected chi connectivity index (χ3v) is 3.76. The Morgan fingerprint density at radius 3 is 2.77 bits per heavy atom. The molecule has 0 spiro atoms. The van der Waals surface area contributed by atoms with Crippen molar-refractivity contribution >= 4 is 16.7 Å². The van der Waals surface area contributed by atoms with Crippen LogP contribution in [0.2, 0.25) is 0 Å². The molecule has 11 heteroatoms. The maximum Gasteiger partial charge on any atom is 0.452 e. The van der Waals surface area contributed by atoms with E-state index in [1.165, 1.54) is 0 Å². The third-order valence-electron chi connectivity index (χ3n) is 3.09. The SMILES string of the molecule is Cc1noc([C@@H]2CC[C@H](CNc3nc(C(F)(F)F)ns3)O2)n1. The van der Waals surface area contributed by atoms with Crippen LogP contribution in [0.25, 0.3) is 0 Å². The third kappa shape index (κ3) is 3.35. The molecule has 0 saturated carbocycles. The summed E-state index contributed by atoms with van der Waals surface area (Å²) in [6.07, 6.45) is -3.49. The molecular weight excluding hydrogens is 323 g/mol. The zero-order valence-electron chi connectivity index (χ0n) is 11.4. The van der Waals surface area contributed by atoms with Crippen molar-refractivity contribution in [2.24, 2.45) is 0 Å². The number of anilines is 1. The van der Waals surface area contributed by atoms with E-state index in [2.05, 4.69) is 24.8 Å². The normalized spacial score (nSPS) is 22.2. The molecular formula is C11H12F3N5O2S. The van der Waals surface area contributed by atoms with Crippen LogP contribution in [0.3, 0.4) is 0 Å². The van der Waals surface area contributed by atoms with Gasteiger partial charge in [0.2, 0.25) is 11.0 Å². The van der Waals surface area contributed by atoms with Gasteiger partial charge in [-0.1, -0.05) is 5.16 Å². The highest BCUT2D eigenvalue weighted by Gasteiger charge is 2.36. The fraction of sp³-hybridized carbons (Fsp3) is 0.636. The Morgan fingerprint density at radius 1 is 1.32 bits per heavy atom. The predicted octanol–water partition coefficient (Wildman–Crippen LogP) is 2.58. The first-order valence-electron chi connectivity index (χ1n) is 6.52. The highest BCUT2D eigenvalue weighted by Crippen LogP contribution is 2.32. The molecule has 0 radical (unpaired) electrons. The van der Waals surface area contributed by atoms with E-state index >= 15 is 0 Å². The molecule has 7 nitrogen and oxygen atoms in total. The number of alkyl halides is 3. The van der Waals surface area contributed by atoms with Crippen LogP contribution in [0.4, 0.5) is 18.3 Å². The number of hydrogen-bond acceptors (Lipinski definition) is 8. The van der Waals surface area contributed by atoms with Crippen LogP contribution in [0, 0.1) is 6.92 Å². The van der Waals surface area contributed by atoms with Gasteiger partial charge in [-0.3, -0.25) is 0 Å². The smallest absolute Gasteiger partial charge is 0.363 e. The Labute approximate surface area is 127 Å². The molecule has 3 rings (SSSR count). The van der Waals surface area contributed by atoms with Crippen molar-refractivity contribution in [2.45, 2.75) is 38.1 Å². The summed E-state index contributed by atoms with van der Waals surface area (Å²) in [7, 11) is 0. The Bertz CT molecular complexity index is 644. The van der Waals surface area contributed by atoms with Gasteiger partial charge in [0.1, 0.15) is 6.10 Å². The van der Waals surface area contributed by atoms with Gasteiger partial charge in [-0.2, -0.15) is 27.5 Å². The minimum Gasteiger partial charge on any atom is -0.363 e. The van der Waals surface area contributed by atoms with Gasteiger partial charge in [-0.25, -0.2) is 0 Å². The van der Waals surface area contributed by atoms with Crippen LogP contribution in [0.1, 0.15) is 36.5 Å². The first-order valence-corrected chi connectivity index (χ1v) is 7.29. The molecule has 120 valence electrons. The fourth-order valence-corrected chi connectivity index (χ4v) is 2.69. The average Bonchev–Trinajstić information content (AvgIpc) is 3.15. The number of ether oxygens (including phenoxy) is 1. The Balaban J connectivity index is 1.52. The molecule has 1 aliphatic heterocycles. The van der Waals surface area contributed by atoms with E-state index in [9.17, 15) is 13.2 Å². The lowest BCUT2D eigenvalue weighted by Gasteiger charge is -2.11. The van der Waals surface area contributed by atoms with E-state index < -0.39 is 12.0 Å². The summed E-state index contributed by atoms with van der Waals surface area (Å²) in [5, 5.41) is 6.63. The molecule has 0 bridgehead atoms. The van der Waals surface area contributed by atoms with Gasteiger partial charge in [-0.05, 0) is 19.8 Å². The van der Waals surface area contributed by atoms with Crippen LogP contribution >= 0.6 is 11.5 Å². The van der Waals surface area contributed by atoms with Crippen LogP contribution in [-0.2, 0) is 10.9 Å². The van der Waals surface area contributed by atoms with Crippen molar-refractivity contribution in [2.75, 3.05) is 11.9 Å². The number of nitrogens with one attached hydrogen (secondary N) is 1. The van der Waals surface area contributed by atoms with E-state index in [-0.39, 0.29) is 17.3 Å². The molecule has 22 heavy (non-hydrogen) atoms. The van der Waals surface area contributed by atoms with Crippen molar-refractivity contribution in [3.8, 4) is 0 Å². The van der Waals surface area contributed by atoms with Gasteiger partial charge < -0.3 is 14.6 Å². The van der Waals surface area contributed by atoms with E-state index in [0.29, 0.717) is 29.8 Å². The molecule has 3 heterocycles. The van der Waals surface area contributed by atoms with Gasteiger partial charge in [0.05, 0.1) is 6.10 Å². The maximum absolute atomic E-state index is 12.4. The number of rotatable bonds is 4. The highest BCUT2D eigenvalue weighted by molar-refractivity contribution is 7.09. The van der Waals surface area contributed by atoms with Crippen molar-refractivity contribution < 1.29 is 22.4 Å². The standard InChI is InChI=1S/C11H12F3N5O2S/c1-5-16-8(21-18-5)7-3-2-6(20-7)4-15-10-17-9(19-22-10)11(12,13)14/h6-7H,2-4H2,1H3,(H,15,17,19)/t6-,7+/m1/s1. The maximum atomic E-state index is 12.4. The second-order valence-corrected chi connectivity index (χ2v) is 5.56. The van der Waals surface area contributed by atoms with Crippen LogP contribution in [0.15, 0.2) is 4.52 Å². The zero-order chi connectivity index (χ0) is 15.7. The van der Waals surface area contributed by atoms with E-state index in [1.807, 2.05) is 0 Å². The second-order valence-electron chi connectivity index (χ2n) is 4.81. The van der Waals surface area contributed by atoms with Crippen molar-refractivity contribution in [3.63, 3.8) is 0 Å². The zero-order valence-corrected chi connectivity index (χ0v) is 12.2. The van der Waals surface area contributed by atoms with Crippen LogP contribution in [0.5, 0.6) is 0 Å². The van der Waals surface area contributed by atoms with Crippen molar-refractivity contribution in [3.05, 3.63) is 17.5 Å². The summed E-state index contributed by atoms with van der Waals surface area (Å²) in [4.78, 5) is 7.51. The molecule has 0 aliphatic carbocycles. The van der Waals surface area contributed by atoms with E-state index in [0.717, 1.165) is 12.8 Å². The molecule has 0 aromatic carbocycles. The topological polar surface area (TPSA) is 86.0 Å². The molecule has 2 aromatic rings. The molecule has 0 unspecified atom stereocenters. The summed E-state index contributed by atoms with van der Waals surface area (Å²) in [5.41, 5.74) is 0. The number of halogens is 3. The lowest BCUT2D eigenvalue weighted by Crippen LogP contribution is -2.19. The van der Waals surface area contributed by atoms with Crippen molar-refractivity contribution in [1.29, 1.82) is 0 Å². The monoisotopic (exact) mass is 335 g/mol. The summed E-state index contributed by atoms with van der Waals surface area (Å²) in [6, 6.07) is 0. The van der Waals surface area contributed by atoms with Crippen LogP contribution < -0.4 is 5.32 Å². The van der Waals surface area contributed by atoms with E-state index in [1.54, 1.807) is 6.92 Å². The first kappa shape index (κ1) is 15.2. The van der Waals surface area contributed by atoms with Crippen LogP contribution in [-0.4, -0.2) is 32.1 Å². The number of hydrogen-bond donors (Lipinski definition) is 1. The average molecular weight is 335 g/mol. The quantitative estimate of drug-likeness (QED) is 0.919. The molecule has 2 atom stereocenters. The van der Waals surface area contributed by atoms with E-state index in [4.69, 9.17) is 9.26 Å². The largest absolute Gasteiger partial charge is 0.452 e. The Kier molecular flexibility index (Phi) is 4.00. The Morgan fingerprint density at radius 2 is 2.14 bits per heavy atom. The summed E-state index contributed by atoms with van der Waals surface area (Å²) in [5.74, 6) is -0.171. The molecule has 1 saturated heterocycles. The first-order chi connectivity index (χ1) is 10.4. The van der Waals surface area contributed by atoms with Gasteiger partial charge >= 0.3 is 6.18 Å². The minimum absolute atomic E-state index is 0.119. The Hall–Kier alpha value is -1.75. The number of aromatic nitrogens is 4. The minimum atomic E-state index is -4.53. The lowest BCUT2D eigenvalue weighted by molar-refractivity contribution is -0.144. The predicted molar refractivity (Wildman–Crippen MR) is 69.3 cm³/mol. The van der Waals surface area contributed by atoms with Gasteiger partial charge in [-0.15, -0.1) is 0 Å². The molecule has 1 N–H and O–H groups in total. The molecule has 1 aliphatic rings. The highest BCUT2D eigenvalue weighted by atomic mass is 32.1. The van der Waals surface area contributed by atoms with Gasteiger partial charge in [0.25, 0.3) is 5.89 Å². The summed E-state index contributed by atoms with van der Waals surface area (Å²) < 4.78 is 51.2. The van der Waals surface area contributed by atoms with Gasteiger partial charge in [0.15, 0.2) is 5.82 Å². The molecule has 1 fully saturated rings.